The molecule has 1 aliphatic heterocycles. The molecule has 1 aliphatic rings. The van der Waals surface area contributed by atoms with Crippen molar-refractivity contribution in [1.29, 1.82) is 0 Å². The molecule has 24 heavy (non-hydrogen) atoms. The van der Waals surface area contributed by atoms with Gasteiger partial charge >= 0.3 is 6.09 Å². The van der Waals surface area contributed by atoms with Gasteiger partial charge in [0.25, 0.3) is 0 Å². The van der Waals surface area contributed by atoms with Crippen LogP contribution in [0.3, 0.4) is 0 Å². The molecule has 122 valence electrons. The summed E-state index contributed by atoms with van der Waals surface area (Å²) in [6.45, 7) is 0.752. The van der Waals surface area contributed by atoms with E-state index in [2.05, 4.69) is 20.5 Å². The summed E-state index contributed by atoms with van der Waals surface area (Å²) in [5.74, 6) is 0.701. The van der Waals surface area contributed by atoms with Gasteiger partial charge in [0.2, 0.25) is 0 Å². The van der Waals surface area contributed by atoms with E-state index in [9.17, 15) is 4.79 Å². The van der Waals surface area contributed by atoms with Crippen molar-refractivity contribution in [2.45, 2.75) is 0 Å². The van der Waals surface area contributed by atoms with Gasteiger partial charge in [-0.1, -0.05) is 6.08 Å². The van der Waals surface area contributed by atoms with Gasteiger partial charge < -0.3 is 15.3 Å². The van der Waals surface area contributed by atoms with Crippen molar-refractivity contribution in [1.82, 2.24) is 29.3 Å². The molecule has 3 aromatic heterocycles. The summed E-state index contributed by atoms with van der Waals surface area (Å²) in [6.07, 6.45) is 6.17. The normalized spacial score (nSPS) is 14.2. The predicted octanol–water partition coefficient (Wildman–Crippen LogP) is 1.58. The largest absolute Gasteiger partial charge is 0.465 e. The van der Waals surface area contributed by atoms with Crippen LogP contribution in [0.4, 0.5) is 16.3 Å². The van der Waals surface area contributed by atoms with Gasteiger partial charge in [0.05, 0.1) is 5.69 Å². The van der Waals surface area contributed by atoms with Crippen molar-refractivity contribution >= 4 is 28.8 Å². The zero-order chi connectivity index (χ0) is 16.7. The molecule has 0 aliphatic carbocycles. The van der Waals surface area contributed by atoms with Crippen molar-refractivity contribution in [2.75, 3.05) is 18.4 Å². The van der Waals surface area contributed by atoms with E-state index < -0.39 is 6.09 Å². The zero-order valence-corrected chi connectivity index (χ0v) is 12.9. The summed E-state index contributed by atoms with van der Waals surface area (Å²) < 4.78 is 3.38. The maximum Gasteiger partial charge on any atom is 0.407 e. The van der Waals surface area contributed by atoms with E-state index in [1.807, 2.05) is 37.7 Å². The third-order valence-corrected chi connectivity index (χ3v) is 3.91. The Hall–Kier alpha value is -3.36. The number of hydrogen-bond donors (Lipinski definition) is 2. The second kappa shape index (κ2) is 5.37. The molecule has 3 aromatic rings. The maximum absolute atomic E-state index is 11.1. The first-order valence-corrected chi connectivity index (χ1v) is 7.37. The molecule has 0 spiro atoms. The summed E-state index contributed by atoms with van der Waals surface area (Å²) in [6, 6.07) is 3.80. The first-order chi connectivity index (χ1) is 11.6. The smallest absolute Gasteiger partial charge is 0.407 e. The fourth-order valence-corrected chi connectivity index (χ4v) is 2.72. The molecule has 0 radical (unpaired) electrons. The molecule has 0 fully saturated rings. The molecule has 0 unspecified atom stereocenters. The molecular weight excluding hydrogens is 310 g/mol. The van der Waals surface area contributed by atoms with Crippen molar-refractivity contribution in [3.63, 3.8) is 0 Å². The highest BCUT2D eigenvalue weighted by molar-refractivity contribution is 5.81. The Labute approximate surface area is 136 Å². The lowest BCUT2D eigenvalue weighted by atomic mass is 10.1. The third-order valence-electron chi connectivity index (χ3n) is 3.91. The first kappa shape index (κ1) is 14.2. The van der Waals surface area contributed by atoms with Gasteiger partial charge in [-0.15, -0.1) is 0 Å². The molecule has 1 amide bonds. The molecule has 4 rings (SSSR count). The average molecular weight is 325 g/mol. The average Bonchev–Trinajstić information content (AvgIpc) is 3.26. The molecular formula is C15H15N7O2. The Kier molecular flexibility index (Phi) is 3.19. The van der Waals surface area contributed by atoms with Crippen LogP contribution in [0.5, 0.6) is 0 Å². The second-order valence-electron chi connectivity index (χ2n) is 5.56. The lowest BCUT2D eigenvalue weighted by Gasteiger charge is -2.12. The van der Waals surface area contributed by atoms with E-state index >= 15 is 0 Å². The van der Waals surface area contributed by atoms with Crippen LogP contribution < -0.4 is 5.32 Å². The number of carbonyl (C=O) groups is 1. The SMILES string of the molecule is Cn1ccc(Nc2cc(C3=CCN(C(=O)O)C3)cn3ncnc23)n1. The minimum atomic E-state index is -0.921. The highest BCUT2D eigenvalue weighted by Gasteiger charge is 2.21. The minimum Gasteiger partial charge on any atom is -0.465 e. The lowest BCUT2D eigenvalue weighted by Crippen LogP contribution is -2.26. The maximum atomic E-state index is 11.1. The van der Waals surface area contributed by atoms with Gasteiger partial charge in [0, 0.05) is 38.6 Å². The molecule has 0 bridgehead atoms. The van der Waals surface area contributed by atoms with Crippen molar-refractivity contribution in [3.8, 4) is 0 Å². The number of anilines is 2. The van der Waals surface area contributed by atoms with Crippen LogP contribution >= 0.6 is 0 Å². The summed E-state index contributed by atoms with van der Waals surface area (Å²) in [4.78, 5) is 16.7. The van der Waals surface area contributed by atoms with E-state index in [0.717, 1.165) is 16.8 Å². The quantitative estimate of drug-likeness (QED) is 0.758. The monoisotopic (exact) mass is 325 g/mol. The van der Waals surface area contributed by atoms with Crippen molar-refractivity contribution in [2.24, 2.45) is 7.05 Å². The first-order valence-electron chi connectivity index (χ1n) is 7.37. The number of nitrogens with one attached hydrogen (secondary N) is 1. The summed E-state index contributed by atoms with van der Waals surface area (Å²) in [5.41, 5.74) is 3.28. The third kappa shape index (κ3) is 2.45. The predicted molar refractivity (Wildman–Crippen MR) is 87.1 cm³/mol. The Balaban J connectivity index is 1.71. The summed E-state index contributed by atoms with van der Waals surface area (Å²) in [5, 5.41) is 20.9. The number of aromatic nitrogens is 5. The van der Waals surface area contributed by atoms with Crippen LogP contribution in [-0.4, -0.2) is 53.6 Å². The van der Waals surface area contributed by atoms with E-state index in [4.69, 9.17) is 5.11 Å². The van der Waals surface area contributed by atoms with Gasteiger partial charge in [-0.05, 0) is 17.2 Å². The van der Waals surface area contributed by atoms with Crippen LogP contribution in [0.25, 0.3) is 11.2 Å². The van der Waals surface area contributed by atoms with Crippen molar-refractivity contribution in [3.05, 3.63) is 42.5 Å². The number of amides is 1. The standard InChI is InChI=1S/C15H15N7O2/c1-20-4-3-13(19-20)18-12-6-11(8-22-14(12)16-9-17-22)10-2-5-21(7-10)15(23)24/h2-4,6,8-9H,5,7H2,1H3,(H,18,19)(H,23,24). The van der Waals surface area contributed by atoms with Crippen LogP contribution in [-0.2, 0) is 7.05 Å². The Morgan fingerprint density at radius 2 is 2.29 bits per heavy atom. The summed E-state index contributed by atoms with van der Waals surface area (Å²) >= 11 is 0. The second-order valence-corrected chi connectivity index (χ2v) is 5.56. The van der Waals surface area contributed by atoms with Crippen LogP contribution in [0, 0.1) is 0 Å². The number of aryl methyl sites for hydroxylation is 1. The molecule has 0 saturated heterocycles. The highest BCUT2D eigenvalue weighted by atomic mass is 16.4. The van der Waals surface area contributed by atoms with E-state index in [-0.39, 0.29) is 0 Å². The summed E-state index contributed by atoms with van der Waals surface area (Å²) in [7, 11) is 1.85. The number of hydrogen-bond acceptors (Lipinski definition) is 5. The number of fused-ring (bicyclic) bond motifs is 1. The lowest BCUT2D eigenvalue weighted by molar-refractivity contribution is 0.158. The van der Waals surface area contributed by atoms with Gasteiger partial charge in [-0.25, -0.2) is 14.3 Å². The Bertz CT molecular complexity index is 956. The van der Waals surface area contributed by atoms with Gasteiger partial charge in [0.1, 0.15) is 6.33 Å². The zero-order valence-electron chi connectivity index (χ0n) is 12.9. The van der Waals surface area contributed by atoms with E-state index in [1.54, 1.807) is 9.20 Å². The van der Waals surface area contributed by atoms with Gasteiger partial charge in [-0.3, -0.25) is 4.68 Å². The molecule has 9 heteroatoms. The molecule has 2 N–H and O–H groups in total. The highest BCUT2D eigenvalue weighted by Crippen LogP contribution is 2.27. The number of carboxylic acid groups (broad SMARTS) is 1. The van der Waals surface area contributed by atoms with Gasteiger partial charge in [-0.2, -0.15) is 10.2 Å². The Morgan fingerprint density at radius 1 is 1.42 bits per heavy atom. The minimum absolute atomic E-state index is 0.360. The fourth-order valence-electron chi connectivity index (χ4n) is 2.72. The molecule has 9 nitrogen and oxygen atoms in total. The van der Waals surface area contributed by atoms with E-state index in [1.165, 1.54) is 11.2 Å². The number of rotatable bonds is 3. The molecule has 0 atom stereocenters. The fraction of sp³-hybridized carbons (Fsp3) is 0.200. The topological polar surface area (TPSA) is 101 Å². The Morgan fingerprint density at radius 3 is 3.00 bits per heavy atom. The molecule has 4 heterocycles. The molecule has 0 aromatic carbocycles. The van der Waals surface area contributed by atoms with Crippen LogP contribution in [0.15, 0.2) is 36.9 Å². The van der Waals surface area contributed by atoms with Gasteiger partial charge in [0.15, 0.2) is 11.5 Å². The number of nitrogens with zero attached hydrogens (tertiary/aromatic N) is 6. The van der Waals surface area contributed by atoms with E-state index in [0.29, 0.717) is 24.6 Å². The van der Waals surface area contributed by atoms with Crippen LogP contribution in [0.1, 0.15) is 5.56 Å². The number of pyridine rings is 1. The molecule has 0 saturated carbocycles. The van der Waals surface area contributed by atoms with Crippen molar-refractivity contribution < 1.29 is 9.90 Å². The van der Waals surface area contributed by atoms with Crippen LogP contribution in [0.2, 0.25) is 0 Å².